The van der Waals surface area contributed by atoms with Crippen LogP contribution in [0.3, 0.4) is 0 Å². The monoisotopic (exact) mass is 266 g/mol. The standard InChI is InChI=1S/C11H7ClN2O2S/c12-10-4-3-8(6-11(10)14(15)16)13-7-9-2-1-5-17-9/h1-7H. The van der Waals surface area contributed by atoms with Gasteiger partial charge in [0, 0.05) is 17.2 Å². The molecule has 2 rings (SSSR count). The Labute approximate surface area is 106 Å². The number of hydrogen-bond donors (Lipinski definition) is 0. The van der Waals surface area contributed by atoms with Gasteiger partial charge in [-0.2, -0.15) is 0 Å². The summed E-state index contributed by atoms with van der Waals surface area (Å²) in [5.74, 6) is 0. The van der Waals surface area contributed by atoms with Gasteiger partial charge in [0.25, 0.3) is 5.69 Å². The lowest BCUT2D eigenvalue weighted by atomic mass is 10.3. The summed E-state index contributed by atoms with van der Waals surface area (Å²) in [5, 5.41) is 12.7. The summed E-state index contributed by atoms with van der Waals surface area (Å²) in [7, 11) is 0. The van der Waals surface area contributed by atoms with Crippen LogP contribution in [-0.4, -0.2) is 11.1 Å². The summed E-state index contributed by atoms with van der Waals surface area (Å²) in [6.07, 6.45) is 1.66. The third-order valence-corrected chi connectivity index (χ3v) is 3.14. The van der Waals surface area contributed by atoms with Crippen LogP contribution in [0.1, 0.15) is 4.88 Å². The summed E-state index contributed by atoms with van der Waals surface area (Å²) in [4.78, 5) is 15.3. The van der Waals surface area contributed by atoms with E-state index in [1.807, 2.05) is 17.5 Å². The smallest absolute Gasteiger partial charge is 0.258 e. The third-order valence-electron chi connectivity index (χ3n) is 2.01. The highest BCUT2D eigenvalue weighted by atomic mass is 35.5. The van der Waals surface area contributed by atoms with Gasteiger partial charge in [-0.1, -0.05) is 17.7 Å². The van der Waals surface area contributed by atoms with E-state index in [1.165, 1.54) is 12.1 Å². The van der Waals surface area contributed by atoms with Crippen molar-refractivity contribution in [2.45, 2.75) is 0 Å². The lowest BCUT2D eigenvalue weighted by Gasteiger charge is -1.96. The minimum atomic E-state index is -0.521. The van der Waals surface area contributed by atoms with E-state index in [-0.39, 0.29) is 10.7 Å². The van der Waals surface area contributed by atoms with Crippen molar-refractivity contribution in [3.63, 3.8) is 0 Å². The van der Waals surface area contributed by atoms with Gasteiger partial charge in [-0.25, -0.2) is 0 Å². The number of rotatable bonds is 3. The molecule has 0 spiro atoms. The molecule has 0 aliphatic carbocycles. The van der Waals surface area contributed by atoms with E-state index in [4.69, 9.17) is 11.6 Å². The molecule has 17 heavy (non-hydrogen) atoms. The molecule has 1 heterocycles. The van der Waals surface area contributed by atoms with E-state index in [2.05, 4.69) is 4.99 Å². The molecule has 0 aliphatic rings. The van der Waals surface area contributed by atoms with Crippen molar-refractivity contribution in [2.24, 2.45) is 4.99 Å². The van der Waals surface area contributed by atoms with Crippen LogP contribution in [0.4, 0.5) is 11.4 Å². The fraction of sp³-hybridized carbons (Fsp3) is 0. The number of nitro benzene ring substituents is 1. The Morgan fingerprint density at radius 3 is 2.88 bits per heavy atom. The molecule has 0 fully saturated rings. The maximum atomic E-state index is 10.7. The van der Waals surface area contributed by atoms with Crippen LogP contribution in [0.5, 0.6) is 0 Å². The van der Waals surface area contributed by atoms with E-state index in [0.717, 1.165) is 4.88 Å². The Kier molecular flexibility index (Phi) is 3.51. The van der Waals surface area contributed by atoms with E-state index in [0.29, 0.717) is 5.69 Å². The van der Waals surface area contributed by atoms with Crippen LogP contribution in [0.15, 0.2) is 40.7 Å². The second-order valence-corrected chi connectivity index (χ2v) is 4.55. The minimum Gasteiger partial charge on any atom is -0.258 e. The molecule has 0 N–H and O–H groups in total. The normalized spacial score (nSPS) is 10.9. The van der Waals surface area contributed by atoms with Gasteiger partial charge in [0.2, 0.25) is 0 Å². The maximum absolute atomic E-state index is 10.7. The molecule has 86 valence electrons. The van der Waals surface area contributed by atoms with Gasteiger partial charge < -0.3 is 0 Å². The topological polar surface area (TPSA) is 55.5 Å². The van der Waals surface area contributed by atoms with Crippen molar-refractivity contribution in [1.82, 2.24) is 0 Å². The largest absolute Gasteiger partial charge is 0.290 e. The SMILES string of the molecule is O=[N+]([O-])c1cc(N=Cc2cccs2)ccc1Cl. The van der Waals surface area contributed by atoms with Crippen LogP contribution < -0.4 is 0 Å². The molecule has 1 aromatic carbocycles. The molecule has 6 heteroatoms. The van der Waals surface area contributed by atoms with Crippen molar-refractivity contribution in [3.8, 4) is 0 Å². The Hall–Kier alpha value is -1.72. The van der Waals surface area contributed by atoms with Gasteiger partial charge in [0.15, 0.2) is 0 Å². The number of nitrogens with zero attached hydrogens (tertiary/aromatic N) is 2. The zero-order chi connectivity index (χ0) is 12.3. The second-order valence-electron chi connectivity index (χ2n) is 3.17. The van der Waals surface area contributed by atoms with Crippen molar-refractivity contribution in [2.75, 3.05) is 0 Å². The molecule has 0 amide bonds. The molecule has 0 unspecified atom stereocenters. The lowest BCUT2D eigenvalue weighted by molar-refractivity contribution is -0.384. The van der Waals surface area contributed by atoms with Crippen molar-refractivity contribution >= 4 is 40.5 Å². The lowest BCUT2D eigenvalue weighted by Crippen LogP contribution is -1.88. The summed E-state index contributed by atoms with van der Waals surface area (Å²) >= 11 is 7.25. The van der Waals surface area contributed by atoms with Crippen LogP contribution in [0.25, 0.3) is 0 Å². The average Bonchev–Trinajstić information content (AvgIpc) is 2.80. The van der Waals surface area contributed by atoms with Crippen LogP contribution in [0.2, 0.25) is 5.02 Å². The molecule has 0 saturated carbocycles. The summed E-state index contributed by atoms with van der Waals surface area (Å²) in [6, 6.07) is 8.29. The highest BCUT2D eigenvalue weighted by molar-refractivity contribution is 7.11. The third kappa shape index (κ3) is 2.89. The molecule has 4 nitrogen and oxygen atoms in total. The average molecular weight is 267 g/mol. The number of benzene rings is 1. The van der Waals surface area contributed by atoms with Gasteiger partial charge in [0.1, 0.15) is 5.02 Å². The quantitative estimate of drug-likeness (QED) is 0.478. The minimum absolute atomic E-state index is 0.116. The van der Waals surface area contributed by atoms with E-state index < -0.39 is 4.92 Å². The van der Waals surface area contributed by atoms with Crippen LogP contribution >= 0.6 is 22.9 Å². The molecule has 1 aromatic heterocycles. The first-order valence-electron chi connectivity index (χ1n) is 4.68. The Bertz CT molecular complexity index is 567. The molecule has 0 radical (unpaired) electrons. The molecule has 0 aliphatic heterocycles. The van der Waals surface area contributed by atoms with Gasteiger partial charge in [-0.05, 0) is 23.6 Å². The van der Waals surface area contributed by atoms with Gasteiger partial charge in [-0.3, -0.25) is 15.1 Å². The predicted octanol–water partition coefficient (Wildman–Crippen LogP) is 4.06. The summed E-state index contributed by atoms with van der Waals surface area (Å²) in [6.45, 7) is 0. The predicted molar refractivity (Wildman–Crippen MR) is 69.7 cm³/mol. The zero-order valence-corrected chi connectivity index (χ0v) is 10.1. The Balaban J connectivity index is 2.28. The van der Waals surface area contributed by atoms with Crippen LogP contribution in [0, 0.1) is 10.1 Å². The Morgan fingerprint density at radius 2 is 2.24 bits per heavy atom. The van der Waals surface area contributed by atoms with Gasteiger partial charge in [-0.15, -0.1) is 11.3 Å². The molecular formula is C11H7ClN2O2S. The first kappa shape index (κ1) is 11.8. The highest BCUT2D eigenvalue weighted by Gasteiger charge is 2.11. The van der Waals surface area contributed by atoms with Crippen molar-refractivity contribution in [3.05, 3.63) is 55.7 Å². The molecule has 0 saturated heterocycles. The van der Waals surface area contributed by atoms with Crippen LogP contribution in [-0.2, 0) is 0 Å². The second kappa shape index (κ2) is 5.07. The number of nitro groups is 1. The number of thiophene rings is 1. The van der Waals surface area contributed by atoms with Gasteiger partial charge >= 0.3 is 0 Å². The van der Waals surface area contributed by atoms with E-state index in [9.17, 15) is 10.1 Å². The first-order valence-corrected chi connectivity index (χ1v) is 5.94. The Morgan fingerprint density at radius 1 is 1.41 bits per heavy atom. The van der Waals surface area contributed by atoms with E-state index >= 15 is 0 Å². The fourth-order valence-electron chi connectivity index (χ4n) is 1.22. The highest BCUT2D eigenvalue weighted by Crippen LogP contribution is 2.28. The zero-order valence-electron chi connectivity index (χ0n) is 8.54. The molecule has 2 aromatic rings. The maximum Gasteiger partial charge on any atom is 0.290 e. The fourth-order valence-corrected chi connectivity index (χ4v) is 2.00. The van der Waals surface area contributed by atoms with Gasteiger partial charge in [0.05, 0.1) is 10.6 Å². The molecule has 0 bridgehead atoms. The molecule has 0 atom stereocenters. The summed E-state index contributed by atoms with van der Waals surface area (Å²) < 4.78 is 0. The first-order chi connectivity index (χ1) is 8.16. The molecular weight excluding hydrogens is 260 g/mol. The number of aliphatic imine (C=N–C) groups is 1. The van der Waals surface area contributed by atoms with Crippen molar-refractivity contribution in [1.29, 1.82) is 0 Å². The number of halogens is 1. The van der Waals surface area contributed by atoms with E-state index in [1.54, 1.807) is 23.6 Å². The number of hydrogen-bond acceptors (Lipinski definition) is 4. The van der Waals surface area contributed by atoms with Crippen molar-refractivity contribution < 1.29 is 4.92 Å². The summed E-state index contributed by atoms with van der Waals surface area (Å²) in [5.41, 5.74) is 0.377.